The van der Waals surface area contributed by atoms with Gasteiger partial charge >= 0.3 is 0 Å². The fraction of sp³-hybridized carbons (Fsp3) is 0.760. The fourth-order valence-corrected chi connectivity index (χ4v) is 5.83. The lowest BCUT2D eigenvalue weighted by Crippen LogP contribution is -2.40. The van der Waals surface area contributed by atoms with E-state index in [0.717, 1.165) is 56.4 Å². The molecule has 0 amide bonds. The van der Waals surface area contributed by atoms with Crippen LogP contribution in [0.5, 0.6) is 0 Å². The second-order valence-corrected chi connectivity index (χ2v) is 18.8. The number of aliphatic hydroxyl groups excluding tert-OH is 3. The molecule has 0 spiro atoms. The van der Waals surface area contributed by atoms with E-state index in [-0.39, 0.29) is 25.2 Å². The smallest absolute Gasteiger partial charge is 0.116 e. The Balaban J connectivity index is -0.000000666. The van der Waals surface area contributed by atoms with Crippen LogP contribution in [0.1, 0.15) is 174 Å². The summed E-state index contributed by atoms with van der Waals surface area (Å²) in [4.78, 5) is 8.52. The Kier molecular flexibility index (Phi) is 36.0. The topological polar surface area (TPSA) is 160 Å². The van der Waals surface area contributed by atoms with Crippen LogP contribution in [0.15, 0.2) is 71.4 Å². The minimum absolute atomic E-state index is 0.213. The third-order valence-electron chi connectivity index (χ3n) is 10.9. The molecule has 0 aliphatic heterocycles. The lowest BCUT2D eigenvalue weighted by atomic mass is 9.77. The van der Waals surface area contributed by atoms with Crippen molar-refractivity contribution in [3.63, 3.8) is 0 Å². The van der Waals surface area contributed by atoms with Crippen molar-refractivity contribution in [2.24, 2.45) is 29.6 Å². The van der Waals surface area contributed by atoms with Gasteiger partial charge in [-0.15, -0.1) is 0 Å². The number of allylic oxidation sites excluding steroid dienone is 7. The van der Waals surface area contributed by atoms with Gasteiger partial charge in [0.25, 0.3) is 0 Å². The van der Waals surface area contributed by atoms with Crippen LogP contribution in [0.25, 0.3) is 0 Å². The molecule has 7 N–H and O–H groups in total. The van der Waals surface area contributed by atoms with Crippen LogP contribution in [0, 0.1) is 29.6 Å². The van der Waals surface area contributed by atoms with Crippen molar-refractivity contribution in [2.75, 3.05) is 19.8 Å². The molecule has 0 saturated carbocycles. The molecule has 0 saturated heterocycles. The van der Waals surface area contributed by atoms with Gasteiger partial charge in [-0.1, -0.05) is 114 Å². The molecule has 59 heavy (non-hydrogen) atoms. The first-order valence-electron chi connectivity index (χ1n) is 22.3. The van der Waals surface area contributed by atoms with Crippen LogP contribution in [-0.2, 0) is 9.78 Å². The van der Waals surface area contributed by atoms with Crippen LogP contribution < -0.4 is 0 Å². The van der Waals surface area contributed by atoms with Crippen molar-refractivity contribution in [3.05, 3.63) is 71.4 Å². The van der Waals surface area contributed by atoms with Crippen molar-refractivity contribution in [2.45, 2.75) is 197 Å². The second-order valence-electron chi connectivity index (χ2n) is 18.8. The van der Waals surface area contributed by atoms with E-state index in [1.807, 2.05) is 32.9 Å². The summed E-state index contributed by atoms with van der Waals surface area (Å²) in [5.41, 5.74) is 3.30. The van der Waals surface area contributed by atoms with Gasteiger partial charge in [0, 0.05) is 19.8 Å². The van der Waals surface area contributed by atoms with Gasteiger partial charge in [-0.25, -0.2) is 9.78 Å². The van der Waals surface area contributed by atoms with Crippen molar-refractivity contribution in [3.8, 4) is 0 Å². The molecule has 0 aromatic heterocycles. The summed E-state index contributed by atoms with van der Waals surface area (Å²) in [6, 6.07) is 0. The van der Waals surface area contributed by atoms with E-state index in [9.17, 15) is 10.2 Å². The molecule has 6 unspecified atom stereocenters. The number of hydrogen-bond donors (Lipinski definition) is 7. The van der Waals surface area contributed by atoms with Gasteiger partial charge in [0.05, 0.1) is 11.2 Å². The zero-order valence-electron chi connectivity index (χ0n) is 40.3. The Morgan fingerprint density at radius 2 is 1.32 bits per heavy atom. The standard InChI is InChI=1S/2C10H20O3.C10H18O2.C10H20O.C10H16/c1-8(2)10(13-12)5-4-9(3)6-7-11;1-9(6-8-11)5-4-7-10(2,3)13-12;1-8(2)10(12)6-4-9(3,11)5-7-10;1-9(2)5-4-6-10(3)7-8-11;1-8(2)10-6-4-9(3)5-7-10/h9-12H,1,4-7H2,2-3H3;4,7,9,11-12H,5-6,8H2,1-3H3;4,6,8,11-12H,5,7H2,1-3H3;5,10-11H,4,6-8H2,1-3H3;4,6,8H,5,7H2,1-3H3/b;7-4+;;;. The molecule has 0 radical (unpaired) electrons. The second kappa shape index (κ2) is 34.6. The zero-order chi connectivity index (χ0) is 46.2. The predicted octanol–water partition coefficient (Wildman–Crippen LogP) is 12.0. The highest BCUT2D eigenvalue weighted by molar-refractivity contribution is 5.23. The molecule has 0 fully saturated rings. The van der Waals surface area contributed by atoms with E-state index < -0.39 is 16.8 Å². The van der Waals surface area contributed by atoms with Gasteiger partial charge in [0.1, 0.15) is 11.7 Å². The zero-order valence-corrected chi connectivity index (χ0v) is 40.3. The van der Waals surface area contributed by atoms with E-state index >= 15 is 0 Å². The molecule has 2 rings (SSSR count). The average molecular weight is 839 g/mol. The largest absolute Gasteiger partial charge is 0.396 e. The Morgan fingerprint density at radius 1 is 0.780 bits per heavy atom. The van der Waals surface area contributed by atoms with Gasteiger partial charge in [-0.2, -0.15) is 0 Å². The Bertz CT molecular complexity index is 1210. The van der Waals surface area contributed by atoms with E-state index in [1.54, 1.807) is 38.5 Å². The summed E-state index contributed by atoms with van der Waals surface area (Å²) in [7, 11) is 0. The fourth-order valence-electron chi connectivity index (χ4n) is 5.83. The molecule has 6 atom stereocenters. The Morgan fingerprint density at radius 3 is 1.71 bits per heavy atom. The van der Waals surface area contributed by atoms with Crippen molar-refractivity contribution in [1.29, 1.82) is 0 Å². The highest BCUT2D eigenvalue weighted by Gasteiger charge is 2.35. The predicted molar refractivity (Wildman–Crippen MR) is 249 cm³/mol. The van der Waals surface area contributed by atoms with Gasteiger partial charge in [0.2, 0.25) is 0 Å². The van der Waals surface area contributed by atoms with Crippen LogP contribution in [0.2, 0.25) is 0 Å². The minimum atomic E-state index is -0.721. The molecule has 9 heteroatoms. The summed E-state index contributed by atoms with van der Waals surface area (Å²) >= 11 is 0. The molecule has 0 bridgehead atoms. The molecular formula is C50H94O9. The highest BCUT2D eigenvalue weighted by Crippen LogP contribution is 2.33. The van der Waals surface area contributed by atoms with Gasteiger partial charge in [0.15, 0.2) is 0 Å². The quantitative estimate of drug-likeness (QED) is 0.0360. The molecule has 0 aromatic rings. The highest BCUT2D eigenvalue weighted by atomic mass is 17.1. The molecular weight excluding hydrogens is 745 g/mol. The first-order chi connectivity index (χ1) is 27.3. The van der Waals surface area contributed by atoms with Gasteiger partial charge < -0.3 is 25.5 Å². The molecule has 2 aliphatic rings. The molecule has 2 aliphatic carbocycles. The maximum absolute atomic E-state index is 9.98. The Labute approximate surface area is 362 Å². The third kappa shape index (κ3) is 35.4. The van der Waals surface area contributed by atoms with Crippen molar-refractivity contribution >= 4 is 0 Å². The van der Waals surface area contributed by atoms with Crippen LogP contribution in [-0.4, -0.2) is 78.8 Å². The maximum Gasteiger partial charge on any atom is 0.116 e. The molecule has 0 heterocycles. The van der Waals surface area contributed by atoms with Crippen LogP contribution >= 0.6 is 0 Å². The van der Waals surface area contributed by atoms with E-state index in [1.165, 1.54) is 30.4 Å². The normalized spacial score (nSPS) is 20.9. The van der Waals surface area contributed by atoms with Crippen molar-refractivity contribution < 1.29 is 45.8 Å². The van der Waals surface area contributed by atoms with E-state index in [2.05, 4.69) is 90.0 Å². The van der Waals surface area contributed by atoms with Crippen LogP contribution in [0.3, 0.4) is 0 Å². The number of hydrogen-bond acceptors (Lipinski definition) is 9. The third-order valence-corrected chi connectivity index (χ3v) is 10.9. The van der Waals surface area contributed by atoms with Gasteiger partial charge in [-0.05, 0) is 161 Å². The Hall–Kier alpha value is -1.92. The maximum atomic E-state index is 9.98. The summed E-state index contributed by atoms with van der Waals surface area (Å²) < 4.78 is 0. The summed E-state index contributed by atoms with van der Waals surface area (Å²) in [5, 5.41) is 62.5. The van der Waals surface area contributed by atoms with Crippen LogP contribution in [0.4, 0.5) is 0 Å². The lowest BCUT2D eigenvalue weighted by molar-refractivity contribution is -0.297. The first kappa shape index (κ1) is 61.4. The van der Waals surface area contributed by atoms with E-state index in [0.29, 0.717) is 37.2 Å². The van der Waals surface area contributed by atoms with Gasteiger partial charge in [-0.3, -0.25) is 10.5 Å². The monoisotopic (exact) mass is 839 g/mol. The SMILES string of the molecule is C=C(C)C(CCC(C)CCO)OO.CC(C)=CCCC(C)CCO.CC(C)C1(O)C=CC(C)(O)CC1.CC(C/C=C/C(C)(C)OO)CCO.CC1=CC=C(C(C)C)CC1. The summed E-state index contributed by atoms with van der Waals surface area (Å²) in [6.07, 6.45) is 25.1. The minimum Gasteiger partial charge on any atom is -0.396 e. The number of rotatable bonds is 20. The summed E-state index contributed by atoms with van der Waals surface area (Å²) in [6.45, 7) is 32.9. The van der Waals surface area contributed by atoms with Crippen molar-refractivity contribution in [1.82, 2.24) is 0 Å². The number of aliphatic hydroxyl groups is 5. The first-order valence-corrected chi connectivity index (χ1v) is 22.3. The van der Waals surface area contributed by atoms with E-state index in [4.69, 9.17) is 25.8 Å². The molecule has 9 nitrogen and oxygen atoms in total. The molecule has 0 aromatic carbocycles. The average Bonchev–Trinajstić information content (AvgIpc) is 3.14. The lowest BCUT2D eigenvalue weighted by Gasteiger charge is -2.36. The molecule has 348 valence electrons. The summed E-state index contributed by atoms with van der Waals surface area (Å²) in [5.74, 6) is 2.54.